The van der Waals surface area contributed by atoms with Crippen LogP contribution in [0.2, 0.25) is 0 Å². The third-order valence-corrected chi connectivity index (χ3v) is 9.21. The summed E-state index contributed by atoms with van der Waals surface area (Å²) in [7, 11) is 0. The lowest BCUT2D eigenvalue weighted by atomic mass is 9.71. The third kappa shape index (κ3) is 5.36. The van der Waals surface area contributed by atoms with Gasteiger partial charge in [-0.25, -0.2) is 0 Å². The number of piperidine rings is 2. The Morgan fingerprint density at radius 1 is 0.816 bits per heavy atom. The van der Waals surface area contributed by atoms with Gasteiger partial charge in [-0.2, -0.15) is 0 Å². The minimum atomic E-state index is -0.0335. The largest absolute Gasteiger partial charge is 0.508 e. The van der Waals surface area contributed by atoms with Crippen molar-refractivity contribution in [2.75, 3.05) is 31.1 Å². The van der Waals surface area contributed by atoms with Gasteiger partial charge in [-0.3, -0.25) is 4.79 Å². The summed E-state index contributed by atoms with van der Waals surface area (Å²) < 4.78 is 0.859. The van der Waals surface area contributed by atoms with Gasteiger partial charge < -0.3 is 20.4 Å². The van der Waals surface area contributed by atoms with Crippen molar-refractivity contribution in [3.8, 4) is 21.9 Å². The fourth-order valence-corrected chi connectivity index (χ4v) is 7.03. The summed E-state index contributed by atoms with van der Waals surface area (Å²) in [5.74, 6) is 0.329. The highest BCUT2D eigenvalue weighted by Crippen LogP contribution is 2.42. The van der Waals surface area contributed by atoms with Crippen LogP contribution in [-0.4, -0.2) is 42.2 Å². The molecule has 3 N–H and O–H groups in total. The van der Waals surface area contributed by atoms with E-state index in [0.717, 1.165) is 46.7 Å². The van der Waals surface area contributed by atoms with Crippen LogP contribution in [-0.2, 0) is 0 Å². The molecule has 0 saturated carbocycles. The highest BCUT2D eigenvalue weighted by Gasteiger charge is 2.35. The zero-order chi connectivity index (χ0) is 24.7. The van der Waals surface area contributed by atoms with Crippen LogP contribution in [0, 0.1) is 5.41 Å². The average Bonchev–Trinajstić information content (AvgIpc) is 3.28. The van der Waals surface area contributed by atoms with E-state index in [4.69, 9.17) is 0 Å². The number of nitrogens with zero attached hydrogens (tertiary/aromatic N) is 1. The lowest BCUT2D eigenvalue weighted by Crippen LogP contribution is -2.45. The molecule has 0 aliphatic carbocycles. The predicted molar refractivity (Wildman–Crippen MR) is 161 cm³/mol. The van der Waals surface area contributed by atoms with Crippen molar-refractivity contribution in [3.05, 3.63) is 77.9 Å². The highest BCUT2D eigenvalue weighted by molar-refractivity contribution is 7.22. The van der Waals surface area contributed by atoms with E-state index in [-0.39, 0.29) is 42.1 Å². The normalized spacial score (nSPS) is 16.6. The molecule has 8 heteroatoms. The van der Waals surface area contributed by atoms with E-state index in [9.17, 15) is 15.0 Å². The number of anilines is 1. The molecule has 6 rings (SSSR count). The number of ketones is 1. The Labute approximate surface area is 239 Å². The van der Waals surface area contributed by atoms with Crippen LogP contribution in [0.15, 0.2) is 66.7 Å². The van der Waals surface area contributed by atoms with Gasteiger partial charge >= 0.3 is 0 Å². The minimum absolute atomic E-state index is 0. The lowest BCUT2D eigenvalue weighted by molar-refractivity contribution is 0.104. The van der Waals surface area contributed by atoms with Gasteiger partial charge in [-0.05, 0) is 116 Å². The number of rotatable bonds is 4. The smallest absolute Gasteiger partial charge is 0.195 e. The first kappa shape index (κ1) is 28.2. The minimum Gasteiger partial charge on any atom is -0.508 e. The van der Waals surface area contributed by atoms with Crippen LogP contribution in [0.5, 0.6) is 11.5 Å². The first-order valence-electron chi connectivity index (χ1n) is 12.7. The number of phenols is 2. The molecule has 0 radical (unpaired) electrons. The van der Waals surface area contributed by atoms with E-state index in [2.05, 4.69) is 22.3 Å². The van der Waals surface area contributed by atoms with Gasteiger partial charge in [0, 0.05) is 44.9 Å². The summed E-state index contributed by atoms with van der Waals surface area (Å²) in [6, 6.07) is 20.1. The zero-order valence-electron chi connectivity index (χ0n) is 21.0. The maximum atomic E-state index is 13.8. The van der Waals surface area contributed by atoms with Crippen LogP contribution < -0.4 is 10.2 Å². The molecule has 3 heterocycles. The second-order valence-electron chi connectivity index (χ2n) is 10.1. The average molecular weight is 572 g/mol. The van der Waals surface area contributed by atoms with Gasteiger partial charge in [-0.1, -0.05) is 0 Å². The van der Waals surface area contributed by atoms with Crippen molar-refractivity contribution in [3.63, 3.8) is 0 Å². The molecule has 4 aromatic rings. The van der Waals surface area contributed by atoms with E-state index in [0.29, 0.717) is 16.5 Å². The number of halogens is 2. The summed E-state index contributed by atoms with van der Waals surface area (Å²) >= 11 is 1.48. The number of aromatic hydroxyl groups is 2. The SMILES string of the molecule is Cl.Cl.O=C(c1ccc(N2CCC3(CCNCC3)CC2)cc1)c1c(-c2ccc(O)cc2)sc2cc(O)ccc12. The molecule has 0 atom stereocenters. The summed E-state index contributed by atoms with van der Waals surface area (Å²) in [5.41, 5.74) is 3.84. The monoisotopic (exact) mass is 570 g/mol. The first-order chi connectivity index (χ1) is 17.5. The Morgan fingerprint density at radius 2 is 1.45 bits per heavy atom. The number of fused-ring (bicyclic) bond motifs is 1. The standard InChI is InChI=1S/C30H30N2O3S.2ClH/c33-23-7-3-21(4-8-23)29-27(25-10-9-24(34)19-26(25)36-29)28(35)20-1-5-22(6-2-20)32-17-13-30(14-18-32)11-15-31-16-12-30;;/h1-10,19,31,33-34H,11-18H2;2*1H. The Balaban J connectivity index is 0.00000168. The summed E-state index contributed by atoms with van der Waals surface area (Å²) in [5, 5.41) is 24.1. The van der Waals surface area contributed by atoms with Gasteiger partial charge in [0.2, 0.25) is 0 Å². The number of benzene rings is 3. The van der Waals surface area contributed by atoms with Crippen LogP contribution in [0.3, 0.4) is 0 Å². The maximum Gasteiger partial charge on any atom is 0.195 e. The zero-order valence-corrected chi connectivity index (χ0v) is 23.4. The van der Waals surface area contributed by atoms with E-state index in [1.165, 1.54) is 42.7 Å². The number of thiophene rings is 1. The molecule has 2 fully saturated rings. The van der Waals surface area contributed by atoms with Crippen LogP contribution in [0.25, 0.3) is 20.5 Å². The molecule has 5 nitrogen and oxygen atoms in total. The fourth-order valence-electron chi connectivity index (χ4n) is 5.79. The lowest BCUT2D eigenvalue weighted by Gasteiger charge is -2.45. The number of carbonyl (C=O) groups excluding carboxylic acids is 1. The molecule has 3 aromatic carbocycles. The topological polar surface area (TPSA) is 72.8 Å². The summed E-state index contributed by atoms with van der Waals surface area (Å²) in [4.78, 5) is 17.1. The van der Waals surface area contributed by atoms with Crippen molar-refractivity contribution >= 4 is 57.7 Å². The second kappa shape index (κ2) is 11.5. The van der Waals surface area contributed by atoms with Crippen LogP contribution in [0.1, 0.15) is 41.6 Å². The molecule has 2 saturated heterocycles. The van der Waals surface area contributed by atoms with Crippen LogP contribution in [0.4, 0.5) is 5.69 Å². The number of hydrogen-bond acceptors (Lipinski definition) is 6. The van der Waals surface area contributed by atoms with Gasteiger partial charge in [0.1, 0.15) is 11.5 Å². The molecule has 0 bridgehead atoms. The number of hydrogen-bond donors (Lipinski definition) is 3. The first-order valence-corrected chi connectivity index (χ1v) is 13.5. The van der Waals surface area contributed by atoms with E-state index < -0.39 is 0 Å². The van der Waals surface area contributed by atoms with E-state index in [1.54, 1.807) is 24.3 Å². The van der Waals surface area contributed by atoms with E-state index >= 15 is 0 Å². The molecule has 2 aliphatic heterocycles. The van der Waals surface area contributed by atoms with Gasteiger partial charge in [-0.15, -0.1) is 36.2 Å². The Bertz CT molecular complexity index is 1400. The van der Waals surface area contributed by atoms with Crippen LogP contribution >= 0.6 is 36.2 Å². The van der Waals surface area contributed by atoms with Gasteiger partial charge in [0.15, 0.2) is 5.78 Å². The molecule has 2 aliphatic rings. The molecular formula is C30H32Cl2N2O3S. The van der Waals surface area contributed by atoms with E-state index in [1.807, 2.05) is 30.3 Å². The Kier molecular flexibility index (Phi) is 8.58. The summed E-state index contributed by atoms with van der Waals surface area (Å²) in [6.07, 6.45) is 5.03. The number of carbonyl (C=O) groups is 1. The molecule has 1 spiro atoms. The predicted octanol–water partition coefficient (Wildman–Crippen LogP) is 7.02. The molecule has 200 valence electrons. The summed E-state index contributed by atoms with van der Waals surface area (Å²) in [6.45, 7) is 4.41. The van der Waals surface area contributed by atoms with Crippen molar-refractivity contribution in [2.45, 2.75) is 25.7 Å². The molecule has 38 heavy (non-hydrogen) atoms. The number of nitrogens with one attached hydrogen (secondary N) is 1. The fraction of sp³-hybridized carbons (Fsp3) is 0.300. The van der Waals surface area contributed by atoms with Crippen molar-refractivity contribution < 1.29 is 15.0 Å². The second-order valence-corrected chi connectivity index (χ2v) is 11.2. The Hall–Kier alpha value is -2.77. The van der Waals surface area contributed by atoms with Gasteiger partial charge in [0.05, 0.1) is 0 Å². The molecule has 1 aromatic heterocycles. The molecule has 0 unspecified atom stereocenters. The van der Waals surface area contributed by atoms with Gasteiger partial charge in [0.25, 0.3) is 0 Å². The molecule has 0 amide bonds. The van der Waals surface area contributed by atoms with Crippen molar-refractivity contribution in [2.24, 2.45) is 5.41 Å². The van der Waals surface area contributed by atoms with Crippen molar-refractivity contribution in [1.82, 2.24) is 5.32 Å². The molecular weight excluding hydrogens is 539 g/mol. The third-order valence-electron chi connectivity index (χ3n) is 8.01. The quantitative estimate of drug-likeness (QED) is 0.230. The van der Waals surface area contributed by atoms with Crippen molar-refractivity contribution in [1.29, 1.82) is 0 Å². The number of phenolic OH excluding ortho intramolecular Hbond substituents is 2. The highest BCUT2D eigenvalue weighted by atomic mass is 35.5. The Morgan fingerprint density at radius 3 is 2.11 bits per heavy atom. The maximum absolute atomic E-state index is 13.8.